The highest BCUT2D eigenvalue weighted by Gasteiger charge is 2.18. The normalized spacial score (nSPS) is 11.1. The number of hydrogen-bond acceptors (Lipinski definition) is 3. The number of aryl methyl sites for hydroxylation is 1. The molecule has 0 fully saturated rings. The van der Waals surface area contributed by atoms with Gasteiger partial charge >= 0.3 is 0 Å². The van der Waals surface area contributed by atoms with Crippen LogP contribution < -0.4 is 0 Å². The monoisotopic (exact) mass is 461 g/mol. The summed E-state index contributed by atoms with van der Waals surface area (Å²) < 4.78 is 1.91. The number of thiazole rings is 1. The first kappa shape index (κ1) is 20.0. The molecule has 31 heavy (non-hydrogen) atoms. The van der Waals surface area contributed by atoms with E-state index in [9.17, 15) is 0 Å². The molecule has 3 nitrogen and oxygen atoms in total. The molecule has 0 N–H and O–H groups in total. The Morgan fingerprint density at radius 3 is 2.00 bits per heavy atom. The Hall–Kier alpha value is -2.92. The van der Waals surface area contributed by atoms with Gasteiger partial charge in [-0.25, -0.2) is 9.67 Å². The summed E-state index contributed by atoms with van der Waals surface area (Å²) in [5.41, 5.74) is 5.90. The van der Waals surface area contributed by atoms with E-state index in [1.54, 1.807) is 11.3 Å². The Morgan fingerprint density at radius 2 is 1.35 bits per heavy atom. The number of halogens is 2. The van der Waals surface area contributed by atoms with E-state index in [1.165, 1.54) is 0 Å². The highest BCUT2D eigenvalue weighted by molar-refractivity contribution is 7.14. The molecule has 0 aliphatic carbocycles. The van der Waals surface area contributed by atoms with Crippen LogP contribution in [0.5, 0.6) is 0 Å². The minimum atomic E-state index is 0.698. The van der Waals surface area contributed by atoms with E-state index in [2.05, 4.69) is 25.1 Å². The summed E-state index contributed by atoms with van der Waals surface area (Å²) in [6.45, 7) is 2.09. The highest BCUT2D eigenvalue weighted by atomic mass is 35.5. The predicted molar refractivity (Wildman–Crippen MR) is 130 cm³/mol. The third kappa shape index (κ3) is 4.02. The summed E-state index contributed by atoms with van der Waals surface area (Å²) >= 11 is 13.8. The smallest absolute Gasteiger partial charge is 0.211 e. The maximum absolute atomic E-state index is 6.12. The third-order valence-electron chi connectivity index (χ3n) is 5.00. The molecule has 2 heterocycles. The Kier molecular flexibility index (Phi) is 5.36. The minimum Gasteiger partial charge on any atom is -0.218 e. The molecule has 152 valence electrons. The van der Waals surface area contributed by atoms with Crippen LogP contribution in [0.1, 0.15) is 4.88 Å². The van der Waals surface area contributed by atoms with Crippen molar-refractivity contribution >= 4 is 34.5 Å². The summed E-state index contributed by atoms with van der Waals surface area (Å²) in [6, 6.07) is 27.8. The molecule has 0 amide bonds. The average molecular weight is 462 g/mol. The molecule has 6 heteroatoms. The standard InChI is InChI=1S/C25H17Cl2N3S/c1-16-24(19-5-3-2-4-6-19)28-25(31-16)30-23(18-9-13-21(27)14-10-18)15-22(29-30)17-7-11-20(26)12-8-17/h2-15H,1H3. The number of aromatic nitrogens is 3. The fourth-order valence-corrected chi connectivity index (χ4v) is 4.60. The maximum Gasteiger partial charge on any atom is 0.211 e. The lowest BCUT2D eigenvalue weighted by molar-refractivity contribution is 0.881. The lowest BCUT2D eigenvalue weighted by atomic mass is 10.1. The van der Waals surface area contributed by atoms with Crippen LogP contribution in [0.4, 0.5) is 0 Å². The van der Waals surface area contributed by atoms with Crippen LogP contribution >= 0.6 is 34.5 Å². The van der Waals surface area contributed by atoms with Crippen molar-refractivity contribution in [2.24, 2.45) is 0 Å². The van der Waals surface area contributed by atoms with Crippen molar-refractivity contribution in [2.45, 2.75) is 6.92 Å². The summed E-state index contributed by atoms with van der Waals surface area (Å²) in [7, 11) is 0. The first-order valence-electron chi connectivity index (χ1n) is 9.74. The fourth-order valence-electron chi connectivity index (χ4n) is 3.45. The Labute approximate surface area is 194 Å². The molecule has 3 aromatic carbocycles. The maximum atomic E-state index is 6.12. The van der Waals surface area contributed by atoms with Gasteiger partial charge in [0.25, 0.3) is 0 Å². The molecule has 0 spiro atoms. The molecule has 0 aliphatic heterocycles. The van der Waals surface area contributed by atoms with Gasteiger partial charge in [0.05, 0.1) is 17.1 Å². The molecular formula is C25H17Cl2N3S. The molecule has 0 saturated heterocycles. The van der Waals surface area contributed by atoms with Crippen molar-refractivity contribution in [2.75, 3.05) is 0 Å². The second-order valence-electron chi connectivity index (χ2n) is 7.11. The molecule has 5 rings (SSSR count). The van der Waals surface area contributed by atoms with Gasteiger partial charge in [-0.2, -0.15) is 5.10 Å². The zero-order valence-corrected chi connectivity index (χ0v) is 18.9. The molecule has 0 atom stereocenters. The summed E-state index contributed by atoms with van der Waals surface area (Å²) in [4.78, 5) is 6.09. The van der Waals surface area contributed by atoms with Crippen LogP contribution in [0.15, 0.2) is 84.9 Å². The Morgan fingerprint density at radius 1 is 0.742 bits per heavy atom. The van der Waals surface area contributed by atoms with Gasteiger partial charge < -0.3 is 0 Å². The first-order valence-corrected chi connectivity index (χ1v) is 11.3. The van der Waals surface area contributed by atoms with E-state index in [4.69, 9.17) is 33.3 Å². The zero-order valence-electron chi connectivity index (χ0n) is 16.6. The van der Waals surface area contributed by atoms with E-state index in [1.807, 2.05) is 71.4 Å². The van der Waals surface area contributed by atoms with E-state index < -0.39 is 0 Å². The molecular weight excluding hydrogens is 445 g/mol. The van der Waals surface area contributed by atoms with E-state index in [0.717, 1.165) is 43.8 Å². The van der Waals surface area contributed by atoms with Gasteiger partial charge in [-0.15, -0.1) is 0 Å². The van der Waals surface area contributed by atoms with Crippen LogP contribution in [-0.2, 0) is 0 Å². The molecule has 0 aliphatic rings. The Bertz CT molecular complexity index is 1340. The molecule has 0 bridgehead atoms. The second kappa shape index (κ2) is 8.31. The SMILES string of the molecule is Cc1sc(-n2nc(-c3ccc(Cl)cc3)cc2-c2ccc(Cl)cc2)nc1-c1ccccc1. The van der Waals surface area contributed by atoms with Gasteiger partial charge in [0.15, 0.2) is 0 Å². The zero-order chi connectivity index (χ0) is 21.4. The van der Waals surface area contributed by atoms with Gasteiger partial charge in [0, 0.05) is 31.6 Å². The van der Waals surface area contributed by atoms with Crippen LogP contribution in [0, 0.1) is 6.92 Å². The van der Waals surface area contributed by atoms with Crippen molar-refractivity contribution in [1.29, 1.82) is 0 Å². The van der Waals surface area contributed by atoms with Crippen molar-refractivity contribution in [1.82, 2.24) is 14.8 Å². The summed E-state index contributed by atoms with van der Waals surface area (Å²) in [5, 5.41) is 7.13. The third-order valence-corrected chi connectivity index (χ3v) is 6.45. The van der Waals surface area contributed by atoms with Crippen molar-refractivity contribution in [3.05, 3.63) is 99.9 Å². The van der Waals surface area contributed by atoms with Crippen molar-refractivity contribution in [3.63, 3.8) is 0 Å². The fraction of sp³-hybridized carbons (Fsp3) is 0.0400. The van der Waals surface area contributed by atoms with E-state index in [-0.39, 0.29) is 0 Å². The van der Waals surface area contributed by atoms with Crippen LogP contribution in [0.2, 0.25) is 10.0 Å². The minimum absolute atomic E-state index is 0.698. The Balaban J connectivity index is 1.67. The number of hydrogen-bond donors (Lipinski definition) is 0. The quantitative estimate of drug-likeness (QED) is 0.271. The van der Waals surface area contributed by atoms with Gasteiger partial charge in [-0.1, -0.05) is 89.1 Å². The van der Waals surface area contributed by atoms with Gasteiger partial charge in [-0.3, -0.25) is 0 Å². The number of rotatable bonds is 4. The molecule has 5 aromatic rings. The summed E-state index contributed by atoms with van der Waals surface area (Å²) in [6.07, 6.45) is 0. The second-order valence-corrected chi connectivity index (χ2v) is 9.16. The number of nitrogens with zero attached hydrogens (tertiary/aromatic N) is 3. The highest BCUT2D eigenvalue weighted by Crippen LogP contribution is 2.34. The number of benzene rings is 3. The predicted octanol–water partition coefficient (Wildman–Crippen LogP) is 7.95. The first-order chi connectivity index (χ1) is 15.1. The van der Waals surface area contributed by atoms with Gasteiger partial charge in [0.1, 0.15) is 0 Å². The molecule has 0 radical (unpaired) electrons. The lowest BCUT2D eigenvalue weighted by Gasteiger charge is -2.04. The van der Waals surface area contributed by atoms with Crippen molar-refractivity contribution < 1.29 is 0 Å². The van der Waals surface area contributed by atoms with Crippen molar-refractivity contribution in [3.8, 4) is 38.9 Å². The van der Waals surface area contributed by atoms with Crippen LogP contribution in [0.25, 0.3) is 38.9 Å². The molecule has 2 aromatic heterocycles. The average Bonchev–Trinajstić information content (AvgIpc) is 3.39. The van der Waals surface area contributed by atoms with E-state index in [0.29, 0.717) is 10.0 Å². The topological polar surface area (TPSA) is 30.7 Å². The summed E-state index contributed by atoms with van der Waals surface area (Å²) in [5.74, 6) is 0. The van der Waals surface area contributed by atoms with Crippen LogP contribution in [-0.4, -0.2) is 14.8 Å². The van der Waals surface area contributed by atoms with Gasteiger partial charge in [-0.05, 0) is 37.3 Å². The van der Waals surface area contributed by atoms with Gasteiger partial charge in [0.2, 0.25) is 5.13 Å². The molecule has 0 unspecified atom stereocenters. The van der Waals surface area contributed by atoms with E-state index >= 15 is 0 Å². The lowest BCUT2D eigenvalue weighted by Crippen LogP contribution is -1.99. The molecule has 0 saturated carbocycles. The van der Waals surface area contributed by atoms with Crippen LogP contribution in [0.3, 0.4) is 0 Å². The largest absolute Gasteiger partial charge is 0.218 e.